The molecule has 2 aliphatic rings. The number of imide groups is 1. The molecule has 0 aliphatic carbocycles. The molecular weight excluding hydrogens is 374 g/mol. The number of amides is 2. The Hall–Kier alpha value is -3.26. The molecule has 2 aliphatic heterocycles. The molecule has 0 saturated carbocycles. The van der Waals surface area contributed by atoms with Gasteiger partial charge in [0.1, 0.15) is 11.6 Å². The molecule has 1 saturated heterocycles. The Bertz CT molecular complexity index is 1040. The number of halogens is 1. The molecule has 0 bridgehead atoms. The predicted octanol–water partition coefficient (Wildman–Crippen LogP) is 2.85. The Labute approximate surface area is 158 Å². The number of nitro groups is 1. The van der Waals surface area contributed by atoms with E-state index in [1.54, 1.807) is 24.3 Å². The number of fused-ring (bicyclic) bond motifs is 1. The van der Waals surface area contributed by atoms with Crippen molar-refractivity contribution in [2.45, 2.75) is 13.0 Å². The van der Waals surface area contributed by atoms with E-state index in [0.717, 1.165) is 4.90 Å². The van der Waals surface area contributed by atoms with Crippen LogP contribution in [0, 0.1) is 23.0 Å². The summed E-state index contributed by atoms with van der Waals surface area (Å²) in [6, 6.07) is 11.0. The fourth-order valence-corrected chi connectivity index (χ4v) is 3.59. The fourth-order valence-electron chi connectivity index (χ4n) is 3.36. The summed E-state index contributed by atoms with van der Waals surface area (Å²) in [6.07, 6.45) is -1.11. The van der Waals surface area contributed by atoms with Gasteiger partial charge < -0.3 is 4.84 Å². The van der Waals surface area contributed by atoms with Gasteiger partial charge in [-0.15, -0.1) is 0 Å². The van der Waals surface area contributed by atoms with Crippen molar-refractivity contribution in [1.29, 1.82) is 0 Å². The lowest BCUT2D eigenvalue weighted by Gasteiger charge is -2.17. The zero-order valence-electron chi connectivity index (χ0n) is 14.0. The molecule has 0 unspecified atom stereocenters. The summed E-state index contributed by atoms with van der Waals surface area (Å²) in [6.45, 7) is 1.49. The molecule has 0 N–H and O–H groups in total. The molecule has 0 spiro atoms. The smallest absolute Gasteiger partial charge is 0.278 e. The molecular formula is C18H12ClN3O5. The molecule has 9 heteroatoms. The van der Waals surface area contributed by atoms with Gasteiger partial charge in [0, 0.05) is 16.7 Å². The second-order valence-electron chi connectivity index (χ2n) is 6.15. The van der Waals surface area contributed by atoms with Crippen LogP contribution in [-0.2, 0) is 14.4 Å². The number of nitrogens with zero attached hydrogens (tertiary/aromatic N) is 3. The number of anilines is 1. The molecule has 4 rings (SSSR count). The van der Waals surface area contributed by atoms with Crippen LogP contribution in [-0.4, -0.2) is 28.6 Å². The number of hydrogen-bond donors (Lipinski definition) is 0. The molecule has 2 aromatic carbocycles. The van der Waals surface area contributed by atoms with Gasteiger partial charge in [0.25, 0.3) is 11.6 Å². The van der Waals surface area contributed by atoms with Crippen molar-refractivity contribution in [3.05, 3.63) is 68.7 Å². The van der Waals surface area contributed by atoms with Crippen LogP contribution in [0.25, 0.3) is 0 Å². The summed E-state index contributed by atoms with van der Waals surface area (Å²) in [5.74, 6) is -2.11. The first-order chi connectivity index (χ1) is 12.9. The van der Waals surface area contributed by atoms with Gasteiger partial charge >= 0.3 is 0 Å². The first kappa shape index (κ1) is 17.2. The van der Waals surface area contributed by atoms with Gasteiger partial charge in [-0.1, -0.05) is 41.0 Å². The van der Waals surface area contributed by atoms with Crippen molar-refractivity contribution < 1.29 is 19.3 Å². The third kappa shape index (κ3) is 2.48. The quantitative estimate of drug-likeness (QED) is 0.459. The minimum absolute atomic E-state index is 0.163. The van der Waals surface area contributed by atoms with Crippen molar-refractivity contribution in [2.24, 2.45) is 11.1 Å². The van der Waals surface area contributed by atoms with E-state index in [0.29, 0.717) is 10.6 Å². The van der Waals surface area contributed by atoms with Gasteiger partial charge in [-0.05, 0) is 19.1 Å². The first-order valence-electron chi connectivity index (χ1n) is 8.02. The molecule has 2 amide bonds. The topological polar surface area (TPSA) is 102 Å². The van der Waals surface area contributed by atoms with E-state index in [1.165, 1.54) is 25.1 Å². The largest absolute Gasteiger partial charge is 0.381 e. The van der Waals surface area contributed by atoms with Crippen LogP contribution < -0.4 is 4.90 Å². The molecule has 2 aromatic rings. The number of oxime groups is 1. The van der Waals surface area contributed by atoms with Crippen LogP contribution in [0.15, 0.2) is 47.6 Å². The van der Waals surface area contributed by atoms with Crippen LogP contribution >= 0.6 is 11.6 Å². The molecule has 27 heavy (non-hydrogen) atoms. The van der Waals surface area contributed by atoms with E-state index < -0.39 is 28.8 Å². The maximum atomic E-state index is 13.1. The van der Waals surface area contributed by atoms with Gasteiger partial charge in [-0.2, -0.15) is 0 Å². The lowest BCUT2D eigenvalue weighted by molar-refractivity contribution is -0.385. The van der Waals surface area contributed by atoms with E-state index in [4.69, 9.17) is 16.4 Å². The molecule has 1 fully saturated rings. The summed E-state index contributed by atoms with van der Waals surface area (Å²) in [5, 5.41) is 15.5. The molecule has 0 radical (unpaired) electrons. The van der Waals surface area contributed by atoms with Gasteiger partial charge in [0.2, 0.25) is 12.0 Å². The van der Waals surface area contributed by atoms with E-state index in [-0.39, 0.29) is 22.6 Å². The minimum Gasteiger partial charge on any atom is -0.381 e. The maximum Gasteiger partial charge on any atom is 0.278 e. The summed E-state index contributed by atoms with van der Waals surface area (Å²) in [7, 11) is 0. The average Bonchev–Trinajstić information content (AvgIpc) is 3.17. The van der Waals surface area contributed by atoms with Crippen molar-refractivity contribution in [2.75, 3.05) is 4.90 Å². The lowest BCUT2D eigenvalue weighted by atomic mass is 9.94. The lowest BCUT2D eigenvalue weighted by Crippen LogP contribution is -2.33. The third-order valence-electron chi connectivity index (χ3n) is 4.68. The van der Waals surface area contributed by atoms with Crippen LogP contribution in [0.4, 0.5) is 11.4 Å². The highest BCUT2D eigenvalue weighted by molar-refractivity contribution is 6.38. The molecule has 136 valence electrons. The first-order valence-corrected chi connectivity index (χ1v) is 8.40. The zero-order valence-corrected chi connectivity index (χ0v) is 14.7. The number of rotatable bonds is 3. The summed E-state index contributed by atoms with van der Waals surface area (Å²) in [5.41, 5.74) is 0.988. The van der Waals surface area contributed by atoms with Crippen LogP contribution in [0.5, 0.6) is 0 Å². The molecule has 2 heterocycles. The Kier molecular flexibility index (Phi) is 3.92. The predicted molar refractivity (Wildman–Crippen MR) is 96.7 cm³/mol. The normalized spacial score (nSPS) is 21.1. The Morgan fingerprint density at radius 2 is 1.89 bits per heavy atom. The van der Waals surface area contributed by atoms with E-state index >= 15 is 0 Å². The van der Waals surface area contributed by atoms with Gasteiger partial charge in [-0.3, -0.25) is 19.7 Å². The van der Waals surface area contributed by atoms with Gasteiger partial charge in [-0.25, -0.2) is 4.90 Å². The number of benzene rings is 2. The van der Waals surface area contributed by atoms with E-state index in [9.17, 15) is 19.7 Å². The van der Waals surface area contributed by atoms with Gasteiger partial charge in [0.15, 0.2) is 0 Å². The number of carbonyl (C=O) groups is 2. The van der Waals surface area contributed by atoms with Crippen molar-refractivity contribution in [3.8, 4) is 0 Å². The highest BCUT2D eigenvalue weighted by Gasteiger charge is 2.56. The van der Waals surface area contributed by atoms with Crippen molar-refractivity contribution in [3.63, 3.8) is 0 Å². The number of nitro benzene ring substituents is 1. The van der Waals surface area contributed by atoms with E-state index in [1.807, 2.05) is 0 Å². The molecule has 2 atom stereocenters. The standard InChI is InChI=1S/C18H12ClN3O5/c1-9-12(7-4-8-13(9)22(25)26)21-17(23)14-15(20-27-16(14)18(21)24)10-5-2-3-6-11(10)19/h2-8,14,16H,1H3/t14-,16+/m0/s1. The van der Waals surface area contributed by atoms with Crippen LogP contribution in [0.3, 0.4) is 0 Å². The second-order valence-corrected chi connectivity index (χ2v) is 6.56. The van der Waals surface area contributed by atoms with Gasteiger partial charge in [0.05, 0.1) is 16.2 Å². The Balaban J connectivity index is 1.77. The summed E-state index contributed by atoms with van der Waals surface area (Å²) in [4.78, 5) is 42.6. The van der Waals surface area contributed by atoms with Crippen LogP contribution in [0.1, 0.15) is 11.1 Å². The van der Waals surface area contributed by atoms with E-state index in [2.05, 4.69) is 5.16 Å². The second kappa shape index (κ2) is 6.17. The summed E-state index contributed by atoms with van der Waals surface area (Å²) >= 11 is 6.19. The summed E-state index contributed by atoms with van der Waals surface area (Å²) < 4.78 is 0. The zero-order chi connectivity index (χ0) is 19.3. The van der Waals surface area contributed by atoms with Crippen molar-refractivity contribution >= 4 is 40.5 Å². The Morgan fingerprint density at radius 1 is 1.15 bits per heavy atom. The van der Waals surface area contributed by atoms with Crippen molar-refractivity contribution in [1.82, 2.24) is 0 Å². The number of carbonyl (C=O) groups excluding carboxylic acids is 2. The monoisotopic (exact) mass is 385 g/mol. The minimum atomic E-state index is -1.11. The number of hydrogen-bond acceptors (Lipinski definition) is 6. The highest BCUT2D eigenvalue weighted by Crippen LogP contribution is 2.38. The fraction of sp³-hybridized carbons (Fsp3) is 0.167. The molecule has 0 aromatic heterocycles. The van der Waals surface area contributed by atoms with Crippen LogP contribution in [0.2, 0.25) is 5.02 Å². The average molecular weight is 386 g/mol. The highest BCUT2D eigenvalue weighted by atomic mass is 35.5. The Morgan fingerprint density at radius 3 is 2.59 bits per heavy atom. The molecule has 8 nitrogen and oxygen atoms in total. The SMILES string of the molecule is Cc1c(N2C(=O)[C@H]3C(c4ccccc4Cl)=NO[C@H]3C2=O)cccc1[N+](=O)[O-]. The maximum absolute atomic E-state index is 13.1. The third-order valence-corrected chi connectivity index (χ3v) is 5.01.